The van der Waals surface area contributed by atoms with E-state index >= 15 is 0 Å². The minimum Gasteiger partial charge on any atom is -0.354 e. The van der Waals surface area contributed by atoms with Gasteiger partial charge >= 0.3 is 0 Å². The Hall–Kier alpha value is -2.70. The molecule has 154 valence electrons. The molecule has 0 radical (unpaired) electrons. The molecular formula is C22H29N5O2. The zero-order chi connectivity index (χ0) is 20.4. The van der Waals surface area contributed by atoms with Crippen molar-refractivity contribution in [3.05, 3.63) is 29.7 Å². The van der Waals surface area contributed by atoms with E-state index in [-0.39, 0.29) is 23.8 Å². The van der Waals surface area contributed by atoms with Gasteiger partial charge < -0.3 is 10.6 Å². The van der Waals surface area contributed by atoms with E-state index in [0.29, 0.717) is 12.2 Å². The predicted octanol–water partition coefficient (Wildman–Crippen LogP) is 3.22. The molecule has 3 heterocycles. The fourth-order valence-corrected chi connectivity index (χ4v) is 4.60. The Morgan fingerprint density at radius 3 is 2.83 bits per heavy atom. The standard InChI is InChI=1S/C22H29N5O2/c1-14-12-23-21(11-18(14)19-13-24-27-9-4-3-8-20(19)27)26-22(29)16-6-5-7-17(10-16)25-15(2)28/h11-13,16-17H,3-10H2,1-2H3,(H,25,28)(H,23,26,29). The highest BCUT2D eigenvalue weighted by Crippen LogP contribution is 2.32. The fourth-order valence-electron chi connectivity index (χ4n) is 4.60. The van der Waals surface area contributed by atoms with Crippen molar-refractivity contribution < 1.29 is 9.59 Å². The molecule has 29 heavy (non-hydrogen) atoms. The first-order valence-electron chi connectivity index (χ1n) is 10.6. The average Bonchev–Trinajstić information content (AvgIpc) is 3.13. The van der Waals surface area contributed by atoms with Crippen molar-refractivity contribution in [1.82, 2.24) is 20.1 Å². The molecular weight excluding hydrogens is 366 g/mol. The molecule has 4 rings (SSSR count). The summed E-state index contributed by atoms with van der Waals surface area (Å²) in [6.07, 6.45) is 10.5. The summed E-state index contributed by atoms with van der Waals surface area (Å²) < 4.78 is 2.10. The van der Waals surface area contributed by atoms with Crippen LogP contribution in [0.5, 0.6) is 0 Å². The maximum absolute atomic E-state index is 12.8. The molecule has 2 N–H and O–H groups in total. The Labute approximate surface area is 171 Å². The van der Waals surface area contributed by atoms with E-state index in [1.54, 1.807) is 0 Å². The Bertz CT molecular complexity index is 920. The third kappa shape index (κ3) is 4.33. The number of hydrogen-bond donors (Lipinski definition) is 2. The lowest BCUT2D eigenvalue weighted by Gasteiger charge is -2.28. The predicted molar refractivity (Wildman–Crippen MR) is 111 cm³/mol. The van der Waals surface area contributed by atoms with Gasteiger partial charge in [-0.2, -0.15) is 5.10 Å². The number of nitrogens with one attached hydrogen (secondary N) is 2. The van der Waals surface area contributed by atoms with Crippen molar-refractivity contribution in [2.24, 2.45) is 5.92 Å². The highest BCUT2D eigenvalue weighted by molar-refractivity contribution is 5.92. The van der Waals surface area contributed by atoms with Crippen LogP contribution in [0.4, 0.5) is 5.82 Å². The molecule has 7 nitrogen and oxygen atoms in total. The highest BCUT2D eigenvalue weighted by Gasteiger charge is 2.28. The summed E-state index contributed by atoms with van der Waals surface area (Å²) >= 11 is 0. The molecule has 1 saturated carbocycles. The van der Waals surface area contributed by atoms with Crippen LogP contribution in [0.25, 0.3) is 11.1 Å². The third-order valence-electron chi connectivity index (χ3n) is 6.08. The van der Waals surface area contributed by atoms with Crippen molar-refractivity contribution in [3.8, 4) is 11.1 Å². The van der Waals surface area contributed by atoms with Crippen molar-refractivity contribution >= 4 is 17.6 Å². The van der Waals surface area contributed by atoms with Gasteiger partial charge in [0.05, 0.1) is 6.20 Å². The zero-order valence-electron chi connectivity index (χ0n) is 17.2. The Morgan fingerprint density at radius 2 is 2.00 bits per heavy atom. The van der Waals surface area contributed by atoms with E-state index in [2.05, 4.69) is 25.4 Å². The molecule has 2 aromatic heterocycles. The van der Waals surface area contributed by atoms with E-state index < -0.39 is 0 Å². The van der Waals surface area contributed by atoms with Gasteiger partial charge in [-0.1, -0.05) is 6.42 Å². The second-order valence-electron chi connectivity index (χ2n) is 8.32. The summed E-state index contributed by atoms with van der Waals surface area (Å²) in [7, 11) is 0. The number of amides is 2. The average molecular weight is 396 g/mol. The van der Waals surface area contributed by atoms with Crippen molar-refractivity contribution in [2.45, 2.75) is 71.4 Å². The first kappa shape index (κ1) is 19.6. The molecule has 2 aromatic rings. The number of carbonyl (C=O) groups excluding carboxylic acids is 2. The molecule has 2 unspecified atom stereocenters. The number of hydrogen-bond acceptors (Lipinski definition) is 4. The van der Waals surface area contributed by atoms with Gasteiger partial charge in [0.2, 0.25) is 11.8 Å². The van der Waals surface area contributed by atoms with E-state index in [9.17, 15) is 9.59 Å². The van der Waals surface area contributed by atoms with Crippen LogP contribution in [0, 0.1) is 12.8 Å². The van der Waals surface area contributed by atoms with E-state index in [1.165, 1.54) is 25.5 Å². The molecule has 0 aromatic carbocycles. The topological polar surface area (TPSA) is 88.9 Å². The van der Waals surface area contributed by atoms with E-state index in [0.717, 1.165) is 48.9 Å². The van der Waals surface area contributed by atoms with Crippen LogP contribution < -0.4 is 10.6 Å². The van der Waals surface area contributed by atoms with Gasteiger partial charge in [0.1, 0.15) is 5.82 Å². The normalized spacial score (nSPS) is 21.3. The molecule has 7 heteroatoms. The van der Waals surface area contributed by atoms with Gasteiger partial charge in [-0.15, -0.1) is 0 Å². The van der Waals surface area contributed by atoms with Gasteiger partial charge in [-0.05, 0) is 62.6 Å². The number of anilines is 1. The summed E-state index contributed by atoms with van der Waals surface area (Å²) in [5.41, 5.74) is 4.57. The number of rotatable bonds is 4. The zero-order valence-corrected chi connectivity index (χ0v) is 17.2. The molecule has 1 aliphatic heterocycles. The highest BCUT2D eigenvalue weighted by atomic mass is 16.2. The first-order chi connectivity index (χ1) is 14.0. The second kappa shape index (κ2) is 8.35. The van der Waals surface area contributed by atoms with Crippen LogP contribution in [-0.2, 0) is 22.6 Å². The summed E-state index contributed by atoms with van der Waals surface area (Å²) in [5, 5.41) is 10.5. The minimum absolute atomic E-state index is 0.0145. The molecule has 2 atom stereocenters. The maximum atomic E-state index is 12.8. The van der Waals surface area contributed by atoms with Crippen LogP contribution in [-0.4, -0.2) is 32.6 Å². The molecule has 1 fully saturated rings. The minimum atomic E-state index is -0.101. The smallest absolute Gasteiger partial charge is 0.228 e. The molecule has 1 aliphatic carbocycles. The van der Waals surface area contributed by atoms with Crippen molar-refractivity contribution in [3.63, 3.8) is 0 Å². The van der Waals surface area contributed by atoms with Crippen LogP contribution in [0.15, 0.2) is 18.5 Å². The SMILES string of the molecule is CC(=O)NC1CCCC(C(=O)Nc2cc(-c3cnn4c3CCCC4)c(C)cn2)C1. The Morgan fingerprint density at radius 1 is 1.14 bits per heavy atom. The van der Waals surface area contributed by atoms with Gasteiger partial charge in [-0.3, -0.25) is 14.3 Å². The monoisotopic (exact) mass is 395 g/mol. The summed E-state index contributed by atoms with van der Waals surface area (Å²) in [6.45, 7) is 4.54. The van der Waals surface area contributed by atoms with E-state index in [1.807, 2.05) is 25.4 Å². The lowest BCUT2D eigenvalue weighted by atomic mass is 9.85. The first-order valence-corrected chi connectivity index (χ1v) is 10.6. The quantitative estimate of drug-likeness (QED) is 0.832. The van der Waals surface area contributed by atoms with Gasteiger partial charge in [0.15, 0.2) is 0 Å². The maximum Gasteiger partial charge on any atom is 0.228 e. The molecule has 2 amide bonds. The van der Waals surface area contributed by atoms with Crippen LogP contribution in [0.3, 0.4) is 0 Å². The molecule has 2 aliphatic rings. The van der Waals surface area contributed by atoms with E-state index in [4.69, 9.17) is 0 Å². The third-order valence-corrected chi connectivity index (χ3v) is 6.08. The van der Waals surface area contributed by atoms with Crippen molar-refractivity contribution in [1.29, 1.82) is 0 Å². The fraction of sp³-hybridized carbons (Fsp3) is 0.545. The summed E-state index contributed by atoms with van der Waals surface area (Å²) in [5.74, 6) is 0.425. The number of fused-ring (bicyclic) bond motifs is 1. The van der Waals surface area contributed by atoms with Crippen LogP contribution >= 0.6 is 0 Å². The summed E-state index contributed by atoms with van der Waals surface area (Å²) in [6, 6.07) is 2.05. The lowest BCUT2D eigenvalue weighted by molar-refractivity contribution is -0.123. The number of nitrogens with zero attached hydrogens (tertiary/aromatic N) is 3. The van der Waals surface area contributed by atoms with Crippen molar-refractivity contribution in [2.75, 3.05) is 5.32 Å². The number of pyridine rings is 1. The van der Waals surface area contributed by atoms with Crippen LogP contribution in [0.2, 0.25) is 0 Å². The Balaban J connectivity index is 1.50. The summed E-state index contributed by atoms with van der Waals surface area (Å²) in [4.78, 5) is 28.6. The number of aromatic nitrogens is 3. The molecule has 0 spiro atoms. The number of carbonyl (C=O) groups is 2. The number of aryl methyl sites for hydroxylation is 2. The lowest BCUT2D eigenvalue weighted by Crippen LogP contribution is -2.40. The Kier molecular flexibility index (Phi) is 5.65. The van der Waals surface area contributed by atoms with Crippen LogP contribution in [0.1, 0.15) is 56.7 Å². The molecule has 0 saturated heterocycles. The van der Waals surface area contributed by atoms with Gasteiger partial charge in [-0.25, -0.2) is 4.98 Å². The second-order valence-corrected chi connectivity index (χ2v) is 8.32. The largest absolute Gasteiger partial charge is 0.354 e. The van der Waals surface area contributed by atoms with Gasteiger partial charge in [0, 0.05) is 42.9 Å². The molecule has 0 bridgehead atoms. The van der Waals surface area contributed by atoms with Gasteiger partial charge in [0.25, 0.3) is 0 Å².